The first kappa shape index (κ1) is 42.1. The highest BCUT2D eigenvalue weighted by molar-refractivity contribution is 6.33. The zero-order valence-electron chi connectivity index (χ0n) is 33.6. The number of rotatable bonds is 11. The SMILES string of the molecule is Cc1cc(C[C@@H](OC(=O)N2CCC(N3CCc4ccccc4NC3=O)CC2)C(=O)N2CCC(C3CCN(CCC(=O)OCC(=O)N(C)C)CC3)CC2)cc(Cl)c1N. The van der Waals surface area contributed by atoms with E-state index in [1.165, 1.54) is 4.90 Å². The molecule has 2 aromatic carbocycles. The maximum atomic E-state index is 14.2. The van der Waals surface area contributed by atoms with E-state index in [-0.39, 0.29) is 49.3 Å². The van der Waals surface area contributed by atoms with E-state index in [9.17, 15) is 24.0 Å². The lowest BCUT2D eigenvalue weighted by molar-refractivity contribution is -0.151. The highest BCUT2D eigenvalue weighted by atomic mass is 35.5. The Morgan fingerprint density at radius 2 is 1.56 bits per heavy atom. The van der Waals surface area contributed by atoms with Gasteiger partial charge in [-0.05, 0) is 106 Å². The molecule has 0 saturated carbocycles. The van der Waals surface area contributed by atoms with E-state index in [1.807, 2.05) is 47.1 Å². The van der Waals surface area contributed by atoms with Crippen LogP contribution in [0.25, 0.3) is 0 Å². The van der Waals surface area contributed by atoms with Gasteiger partial charge in [0.25, 0.3) is 11.8 Å². The molecule has 310 valence electrons. The summed E-state index contributed by atoms with van der Waals surface area (Å²) < 4.78 is 11.2. The molecule has 3 fully saturated rings. The van der Waals surface area contributed by atoms with E-state index in [4.69, 9.17) is 26.8 Å². The summed E-state index contributed by atoms with van der Waals surface area (Å²) >= 11 is 6.44. The molecule has 4 aliphatic heterocycles. The molecule has 57 heavy (non-hydrogen) atoms. The number of halogens is 1. The largest absolute Gasteiger partial charge is 0.456 e. The number of likely N-dealkylation sites (N-methyl/N-ethyl adjacent to an activating group) is 1. The van der Waals surface area contributed by atoms with Gasteiger partial charge >= 0.3 is 18.1 Å². The number of nitrogen functional groups attached to an aromatic ring is 1. The smallest absolute Gasteiger partial charge is 0.410 e. The Labute approximate surface area is 340 Å². The summed E-state index contributed by atoms with van der Waals surface area (Å²) in [6.45, 7) is 6.64. The van der Waals surface area contributed by atoms with Crippen LogP contribution in [-0.2, 0) is 36.7 Å². The van der Waals surface area contributed by atoms with Crippen LogP contribution in [0, 0.1) is 18.8 Å². The second kappa shape index (κ2) is 19.3. The monoisotopic (exact) mass is 807 g/mol. The van der Waals surface area contributed by atoms with E-state index in [0.717, 1.165) is 67.6 Å². The van der Waals surface area contributed by atoms with Crippen molar-refractivity contribution in [3.8, 4) is 0 Å². The van der Waals surface area contributed by atoms with Crippen LogP contribution in [0.4, 0.5) is 21.0 Å². The number of esters is 1. The average molecular weight is 808 g/mol. The van der Waals surface area contributed by atoms with Crippen LogP contribution < -0.4 is 11.1 Å². The normalized spacial score (nSPS) is 19.3. The number of likely N-dealkylation sites (tertiary alicyclic amines) is 3. The molecule has 2 aromatic rings. The number of urea groups is 1. The maximum Gasteiger partial charge on any atom is 0.410 e. The summed E-state index contributed by atoms with van der Waals surface area (Å²) in [7, 11) is 3.26. The Balaban J connectivity index is 1.00. The number of carbonyl (C=O) groups is 5. The molecule has 6 rings (SSSR count). The first-order valence-electron chi connectivity index (χ1n) is 20.4. The molecule has 4 aliphatic rings. The first-order valence-corrected chi connectivity index (χ1v) is 20.8. The highest BCUT2D eigenvalue weighted by Gasteiger charge is 2.37. The Bertz CT molecular complexity index is 1750. The van der Waals surface area contributed by atoms with E-state index >= 15 is 0 Å². The van der Waals surface area contributed by atoms with Crippen LogP contribution in [0.15, 0.2) is 36.4 Å². The third-order valence-corrected chi connectivity index (χ3v) is 12.6. The molecule has 5 amide bonds. The number of amides is 5. The maximum absolute atomic E-state index is 14.2. The number of nitrogens with one attached hydrogen (secondary N) is 1. The van der Waals surface area contributed by atoms with Gasteiger partial charge in [-0.25, -0.2) is 9.59 Å². The van der Waals surface area contributed by atoms with Gasteiger partial charge in [0, 0.05) is 71.5 Å². The molecule has 4 heterocycles. The van der Waals surface area contributed by atoms with Crippen LogP contribution in [0.3, 0.4) is 0 Å². The molecule has 0 aliphatic carbocycles. The minimum Gasteiger partial charge on any atom is -0.456 e. The van der Waals surface area contributed by atoms with E-state index in [0.29, 0.717) is 74.7 Å². The fourth-order valence-corrected chi connectivity index (χ4v) is 8.96. The summed E-state index contributed by atoms with van der Waals surface area (Å²) in [5, 5.41) is 3.44. The second-order valence-corrected chi connectivity index (χ2v) is 16.6. The van der Waals surface area contributed by atoms with Crippen molar-refractivity contribution in [1.29, 1.82) is 0 Å². The molecule has 14 nitrogen and oxygen atoms in total. The number of benzene rings is 2. The lowest BCUT2D eigenvalue weighted by atomic mass is 9.78. The van der Waals surface area contributed by atoms with Gasteiger partial charge in [-0.2, -0.15) is 0 Å². The van der Waals surface area contributed by atoms with E-state index in [1.54, 1.807) is 25.1 Å². The number of ether oxygens (including phenoxy) is 2. The van der Waals surface area contributed by atoms with Crippen LogP contribution in [0.5, 0.6) is 0 Å². The average Bonchev–Trinajstić information content (AvgIpc) is 3.38. The zero-order chi connectivity index (χ0) is 40.6. The van der Waals surface area contributed by atoms with Gasteiger partial charge in [0.1, 0.15) is 0 Å². The number of hydrogen-bond donors (Lipinski definition) is 2. The molecule has 0 bridgehead atoms. The second-order valence-electron chi connectivity index (χ2n) is 16.2. The Morgan fingerprint density at radius 3 is 2.23 bits per heavy atom. The van der Waals surface area contributed by atoms with Crippen molar-refractivity contribution >= 4 is 52.9 Å². The van der Waals surface area contributed by atoms with Crippen molar-refractivity contribution in [2.24, 2.45) is 11.8 Å². The number of para-hydroxylation sites is 1. The molecule has 15 heteroatoms. The van der Waals surface area contributed by atoms with E-state index in [2.05, 4.69) is 10.2 Å². The van der Waals surface area contributed by atoms with Crippen molar-refractivity contribution < 1.29 is 33.4 Å². The third kappa shape index (κ3) is 10.9. The van der Waals surface area contributed by atoms with Crippen LogP contribution in [0.1, 0.15) is 61.6 Å². The number of anilines is 2. The molecular formula is C42H58ClN7O7. The number of hydrogen-bond acceptors (Lipinski definition) is 9. The zero-order valence-corrected chi connectivity index (χ0v) is 34.3. The summed E-state index contributed by atoms with van der Waals surface area (Å²) in [4.78, 5) is 74.0. The van der Waals surface area contributed by atoms with Gasteiger partial charge in [0.2, 0.25) is 0 Å². The van der Waals surface area contributed by atoms with E-state index < -0.39 is 12.2 Å². The van der Waals surface area contributed by atoms with Gasteiger partial charge in [0.05, 0.1) is 17.1 Å². The predicted molar refractivity (Wildman–Crippen MR) is 218 cm³/mol. The summed E-state index contributed by atoms with van der Waals surface area (Å²) in [5.74, 6) is 0.209. The molecule has 0 unspecified atom stereocenters. The molecule has 3 saturated heterocycles. The lowest BCUT2D eigenvalue weighted by Crippen LogP contribution is -2.52. The summed E-state index contributed by atoms with van der Waals surface area (Å²) in [6.07, 6.45) is 4.65. The van der Waals surface area contributed by atoms with Crippen LogP contribution in [0.2, 0.25) is 5.02 Å². The minimum absolute atomic E-state index is 0.0101. The standard InChI is InChI=1S/C42H58ClN7O7/c1-28-24-29(25-34(43)39(28)44)26-36(57-42(55)49-21-13-33(14-22-49)50-23-12-32-6-4-5-7-35(32)45-41(50)54)40(53)48-19-10-31(11-20-48)30-8-16-47(17-9-30)18-15-38(52)56-27-37(51)46(2)3/h4-7,24-25,30-31,33,36H,8-23,26-27,44H2,1-3H3,(H,45,54)/t36-/m1/s1. The highest BCUT2D eigenvalue weighted by Crippen LogP contribution is 2.34. The van der Waals surface area contributed by atoms with Crippen molar-refractivity contribution in [1.82, 2.24) is 24.5 Å². The van der Waals surface area contributed by atoms with Crippen molar-refractivity contribution in [2.75, 3.05) is 84.1 Å². The minimum atomic E-state index is -1.03. The van der Waals surface area contributed by atoms with Crippen molar-refractivity contribution in [2.45, 2.75) is 76.9 Å². The quantitative estimate of drug-likeness (QED) is 0.240. The van der Waals surface area contributed by atoms with Gasteiger partial charge < -0.3 is 45.0 Å². The van der Waals surface area contributed by atoms with Gasteiger partial charge in [0.15, 0.2) is 12.7 Å². The van der Waals surface area contributed by atoms with Gasteiger partial charge in [-0.3, -0.25) is 14.4 Å². The molecule has 0 spiro atoms. The first-order chi connectivity index (χ1) is 27.4. The Hall–Kier alpha value is -4.56. The lowest BCUT2D eigenvalue weighted by Gasteiger charge is -2.41. The third-order valence-electron chi connectivity index (χ3n) is 12.3. The fourth-order valence-electron chi connectivity index (χ4n) is 8.67. The van der Waals surface area contributed by atoms with Crippen molar-refractivity contribution in [3.05, 3.63) is 58.1 Å². The van der Waals surface area contributed by atoms with Gasteiger partial charge in [-0.15, -0.1) is 0 Å². The number of carbonyl (C=O) groups excluding carboxylic acids is 5. The van der Waals surface area contributed by atoms with Crippen molar-refractivity contribution in [3.63, 3.8) is 0 Å². The molecule has 0 aromatic heterocycles. The van der Waals surface area contributed by atoms with Crippen LogP contribution in [-0.4, -0.2) is 140 Å². The predicted octanol–water partition coefficient (Wildman–Crippen LogP) is 4.81. The number of fused-ring (bicyclic) bond motifs is 1. The number of nitrogens with zero attached hydrogens (tertiary/aromatic N) is 5. The Morgan fingerprint density at radius 1 is 0.912 bits per heavy atom. The topological polar surface area (TPSA) is 158 Å². The fraction of sp³-hybridized carbons (Fsp3) is 0.595. The molecule has 3 N–H and O–H groups in total. The molecule has 1 atom stereocenters. The number of aryl methyl sites for hydroxylation is 1. The van der Waals surface area contributed by atoms with Gasteiger partial charge in [-0.1, -0.05) is 35.9 Å². The molecule has 0 radical (unpaired) electrons. The summed E-state index contributed by atoms with van der Waals surface area (Å²) in [6, 6.07) is 11.3. The van der Waals surface area contributed by atoms with Crippen LogP contribution >= 0.6 is 11.6 Å². The number of piperidine rings is 3. The summed E-state index contributed by atoms with van der Waals surface area (Å²) in [5.41, 5.74) is 10.1. The molecular weight excluding hydrogens is 750 g/mol. The Kier molecular flexibility index (Phi) is 14.2. The number of nitrogens with two attached hydrogens (primary N) is 1.